The Bertz CT molecular complexity index is 514. The van der Waals surface area contributed by atoms with Crippen molar-refractivity contribution >= 4 is 11.4 Å². The number of aryl methyl sites for hydroxylation is 2. The van der Waals surface area contributed by atoms with E-state index in [4.69, 9.17) is 0 Å². The molecule has 0 bridgehead atoms. The van der Waals surface area contributed by atoms with Crippen LogP contribution in [0.2, 0.25) is 0 Å². The zero-order valence-electron chi connectivity index (χ0n) is 12.7. The molecule has 2 heteroatoms. The highest BCUT2D eigenvalue weighted by molar-refractivity contribution is 5.48. The summed E-state index contributed by atoms with van der Waals surface area (Å²) in [6.07, 6.45) is 1.10. The quantitative estimate of drug-likeness (QED) is 0.848. The van der Waals surface area contributed by atoms with Gasteiger partial charge in [-0.1, -0.05) is 36.8 Å². The summed E-state index contributed by atoms with van der Waals surface area (Å²) < 4.78 is 0. The van der Waals surface area contributed by atoms with Crippen LogP contribution in [0.5, 0.6) is 0 Å². The van der Waals surface area contributed by atoms with E-state index in [1.54, 1.807) is 0 Å². The van der Waals surface area contributed by atoms with Crippen LogP contribution in [0.3, 0.4) is 0 Å². The van der Waals surface area contributed by atoms with Gasteiger partial charge in [0, 0.05) is 31.5 Å². The van der Waals surface area contributed by atoms with Crippen LogP contribution in [-0.4, -0.2) is 20.1 Å². The first kappa shape index (κ1) is 14.4. The lowest BCUT2D eigenvalue weighted by Gasteiger charge is -2.20. The summed E-state index contributed by atoms with van der Waals surface area (Å²) in [6, 6.07) is 17.3. The van der Waals surface area contributed by atoms with Crippen molar-refractivity contribution in [1.29, 1.82) is 0 Å². The predicted octanol–water partition coefficient (Wildman–Crippen LogP) is 4.11. The molecule has 0 aliphatic rings. The topological polar surface area (TPSA) is 15.3 Å². The van der Waals surface area contributed by atoms with Gasteiger partial charge >= 0.3 is 0 Å². The summed E-state index contributed by atoms with van der Waals surface area (Å²) in [5, 5.41) is 3.45. The van der Waals surface area contributed by atoms with Crippen LogP contribution in [0.15, 0.2) is 48.5 Å². The number of rotatable bonds is 6. The largest absolute Gasteiger partial charge is 0.383 e. The fourth-order valence-electron chi connectivity index (χ4n) is 2.15. The summed E-state index contributed by atoms with van der Waals surface area (Å²) in [6.45, 7) is 6.22. The SMILES string of the molecule is CCc1ccc(N(C)CCNc2ccc(C)cc2)cc1. The van der Waals surface area contributed by atoms with Crippen LogP contribution in [0.25, 0.3) is 0 Å². The van der Waals surface area contributed by atoms with Crippen molar-refractivity contribution < 1.29 is 0 Å². The average molecular weight is 268 g/mol. The number of anilines is 2. The molecule has 0 amide bonds. The monoisotopic (exact) mass is 268 g/mol. The summed E-state index contributed by atoms with van der Waals surface area (Å²) in [5.41, 5.74) is 5.14. The van der Waals surface area contributed by atoms with Crippen molar-refractivity contribution in [1.82, 2.24) is 0 Å². The van der Waals surface area contributed by atoms with E-state index in [0.717, 1.165) is 19.5 Å². The Balaban J connectivity index is 1.82. The molecule has 0 saturated carbocycles. The van der Waals surface area contributed by atoms with Gasteiger partial charge in [-0.05, 0) is 43.2 Å². The molecule has 2 aromatic carbocycles. The standard InChI is InChI=1S/C18H24N2/c1-4-16-7-11-18(12-8-16)20(3)14-13-19-17-9-5-15(2)6-10-17/h5-12,19H,4,13-14H2,1-3H3. The van der Waals surface area contributed by atoms with Crippen molar-refractivity contribution in [3.63, 3.8) is 0 Å². The Labute approximate surface area is 122 Å². The molecule has 0 atom stereocenters. The van der Waals surface area contributed by atoms with Gasteiger partial charge in [0.15, 0.2) is 0 Å². The van der Waals surface area contributed by atoms with Gasteiger partial charge in [-0.15, -0.1) is 0 Å². The van der Waals surface area contributed by atoms with Gasteiger partial charge in [0.05, 0.1) is 0 Å². The Morgan fingerprint density at radius 2 is 1.60 bits per heavy atom. The second-order valence-corrected chi connectivity index (χ2v) is 5.23. The first-order valence-electron chi connectivity index (χ1n) is 7.29. The van der Waals surface area contributed by atoms with Crippen LogP contribution in [0, 0.1) is 6.92 Å². The lowest BCUT2D eigenvalue weighted by Crippen LogP contribution is -2.24. The highest BCUT2D eigenvalue weighted by atomic mass is 15.1. The molecule has 1 N–H and O–H groups in total. The van der Waals surface area contributed by atoms with Gasteiger partial charge < -0.3 is 10.2 Å². The molecule has 2 aromatic rings. The molecule has 0 aliphatic carbocycles. The van der Waals surface area contributed by atoms with E-state index in [1.807, 2.05) is 0 Å². The van der Waals surface area contributed by atoms with E-state index < -0.39 is 0 Å². The van der Waals surface area contributed by atoms with Crippen LogP contribution in [0.1, 0.15) is 18.1 Å². The smallest absolute Gasteiger partial charge is 0.0364 e. The van der Waals surface area contributed by atoms with Crippen molar-refractivity contribution in [2.24, 2.45) is 0 Å². The minimum atomic E-state index is 0.940. The third-order valence-electron chi connectivity index (χ3n) is 3.61. The first-order chi connectivity index (χ1) is 9.69. The molecule has 20 heavy (non-hydrogen) atoms. The van der Waals surface area contributed by atoms with Gasteiger partial charge in [-0.2, -0.15) is 0 Å². The average Bonchev–Trinajstić information content (AvgIpc) is 2.49. The number of hydrogen-bond acceptors (Lipinski definition) is 2. The molecular weight excluding hydrogens is 244 g/mol. The van der Waals surface area contributed by atoms with Crippen LogP contribution < -0.4 is 10.2 Å². The molecule has 0 heterocycles. The first-order valence-corrected chi connectivity index (χ1v) is 7.29. The maximum absolute atomic E-state index is 3.45. The van der Waals surface area contributed by atoms with Gasteiger partial charge in [0.2, 0.25) is 0 Å². The molecular formula is C18H24N2. The van der Waals surface area contributed by atoms with Crippen LogP contribution in [0.4, 0.5) is 11.4 Å². The summed E-state index contributed by atoms with van der Waals surface area (Å²) in [4.78, 5) is 2.28. The van der Waals surface area contributed by atoms with Crippen molar-refractivity contribution in [3.8, 4) is 0 Å². The minimum absolute atomic E-state index is 0.940. The van der Waals surface area contributed by atoms with Gasteiger partial charge in [0.25, 0.3) is 0 Å². The van der Waals surface area contributed by atoms with E-state index in [9.17, 15) is 0 Å². The number of likely N-dealkylation sites (N-methyl/N-ethyl adjacent to an activating group) is 1. The van der Waals surface area contributed by atoms with Gasteiger partial charge in [-0.25, -0.2) is 0 Å². The minimum Gasteiger partial charge on any atom is -0.383 e. The molecule has 2 nitrogen and oxygen atoms in total. The van der Waals surface area contributed by atoms with Gasteiger partial charge in [-0.3, -0.25) is 0 Å². The number of nitrogens with zero attached hydrogens (tertiary/aromatic N) is 1. The normalized spacial score (nSPS) is 10.3. The molecule has 0 unspecified atom stereocenters. The fourth-order valence-corrected chi connectivity index (χ4v) is 2.15. The third kappa shape index (κ3) is 4.02. The lowest BCUT2D eigenvalue weighted by atomic mass is 10.1. The molecule has 0 aromatic heterocycles. The lowest BCUT2D eigenvalue weighted by molar-refractivity contribution is 0.913. The van der Waals surface area contributed by atoms with Crippen molar-refractivity contribution in [2.75, 3.05) is 30.4 Å². The number of nitrogens with one attached hydrogen (secondary N) is 1. The molecule has 2 rings (SSSR count). The van der Waals surface area contributed by atoms with Gasteiger partial charge in [0.1, 0.15) is 0 Å². The maximum atomic E-state index is 3.45. The highest BCUT2D eigenvalue weighted by Gasteiger charge is 2.00. The summed E-state index contributed by atoms with van der Waals surface area (Å²) >= 11 is 0. The van der Waals surface area contributed by atoms with E-state index in [0.29, 0.717) is 0 Å². The van der Waals surface area contributed by atoms with Crippen LogP contribution >= 0.6 is 0 Å². The molecule has 0 spiro atoms. The molecule has 0 aliphatic heterocycles. The maximum Gasteiger partial charge on any atom is 0.0364 e. The predicted molar refractivity (Wildman–Crippen MR) is 88.8 cm³/mol. The number of benzene rings is 2. The highest BCUT2D eigenvalue weighted by Crippen LogP contribution is 2.14. The van der Waals surface area contributed by atoms with E-state index in [1.165, 1.54) is 22.5 Å². The Hall–Kier alpha value is -1.96. The zero-order valence-corrected chi connectivity index (χ0v) is 12.7. The second kappa shape index (κ2) is 6.99. The summed E-state index contributed by atoms with van der Waals surface area (Å²) in [5.74, 6) is 0. The molecule has 0 fully saturated rings. The van der Waals surface area contributed by atoms with E-state index >= 15 is 0 Å². The molecule has 0 saturated heterocycles. The van der Waals surface area contributed by atoms with Crippen molar-refractivity contribution in [2.45, 2.75) is 20.3 Å². The number of hydrogen-bond donors (Lipinski definition) is 1. The Kier molecular flexibility index (Phi) is 5.05. The summed E-state index contributed by atoms with van der Waals surface area (Å²) in [7, 11) is 2.14. The third-order valence-corrected chi connectivity index (χ3v) is 3.61. The fraction of sp³-hybridized carbons (Fsp3) is 0.333. The Morgan fingerprint density at radius 1 is 0.950 bits per heavy atom. The van der Waals surface area contributed by atoms with Crippen LogP contribution in [-0.2, 0) is 6.42 Å². The van der Waals surface area contributed by atoms with E-state index in [2.05, 4.69) is 79.6 Å². The molecule has 0 radical (unpaired) electrons. The zero-order chi connectivity index (χ0) is 14.4. The van der Waals surface area contributed by atoms with Crippen molar-refractivity contribution in [3.05, 3.63) is 59.7 Å². The second-order valence-electron chi connectivity index (χ2n) is 5.23. The Morgan fingerprint density at radius 3 is 2.20 bits per heavy atom. The molecule has 106 valence electrons. The van der Waals surface area contributed by atoms with E-state index in [-0.39, 0.29) is 0 Å².